The van der Waals surface area contributed by atoms with Crippen molar-refractivity contribution < 1.29 is 14.4 Å². The maximum absolute atomic E-state index is 11.4. The number of imide groups is 1. The number of hydrogen-bond donors (Lipinski definition) is 1. The van der Waals surface area contributed by atoms with Gasteiger partial charge in [0.25, 0.3) is 0 Å². The monoisotopic (exact) mass is 229 g/mol. The summed E-state index contributed by atoms with van der Waals surface area (Å²) in [7, 11) is 0. The molecule has 1 atom stereocenters. The van der Waals surface area contributed by atoms with Crippen LogP contribution in [0.5, 0.6) is 0 Å². The minimum Gasteiger partial charge on any atom is -0.303 e. The maximum Gasteiger partial charge on any atom is 0.242 e. The fourth-order valence-corrected chi connectivity index (χ4v) is 1.87. The van der Waals surface area contributed by atoms with E-state index in [4.69, 9.17) is 0 Å². The third kappa shape index (κ3) is 3.34. The Balaban J connectivity index is 2.23. The molecule has 1 aliphatic heterocycles. The van der Waals surface area contributed by atoms with E-state index in [1.165, 1.54) is 4.90 Å². The van der Waals surface area contributed by atoms with Crippen LogP contribution in [-0.2, 0) is 14.4 Å². The van der Waals surface area contributed by atoms with E-state index in [1.54, 1.807) is 0 Å². The van der Waals surface area contributed by atoms with Gasteiger partial charge in [0, 0.05) is 19.4 Å². The van der Waals surface area contributed by atoms with Gasteiger partial charge in [0.05, 0.1) is 5.25 Å². The first kappa shape index (κ1) is 12.2. The Labute approximate surface area is 94.4 Å². The molecule has 0 aromatic carbocycles. The Hall–Kier alpha value is -0.840. The minimum atomic E-state index is -0.451. The van der Waals surface area contributed by atoms with Crippen LogP contribution in [0.25, 0.3) is 0 Å². The quantitative estimate of drug-likeness (QED) is 0.317. The Kier molecular flexibility index (Phi) is 4.81. The summed E-state index contributed by atoms with van der Waals surface area (Å²) in [5.74, 6) is -0.311. The minimum absolute atomic E-state index is 0.129. The average Bonchev–Trinajstić information content (AvgIpc) is 2.44. The largest absolute Gasteiger partial charge is 0.303 e. The van der Waals surface area contributed by atoms with Crippen molar-refractivity contribution in [2.24, 2.45) is 0 Å². The molecule has 0 bridgehead atoms. The summed E-state index contributed by atoms with van der Waals surface area (Å²) in [6, 6.07) is 0. The molecule has 1 unspecified atom stereocenters. The first-order valence-corrected chi connectivity index (χ1v) is 5.64. The summed E-state index contributed by atoms with van der Waals surface area (Å²) in [6.07, 6.45) is 4.12. The van der Waals surface area contributed by atoms with Gasteiger partial charge in [-0.25, -0.2) is 0 Å². The summed E-state index contributed by atoms with van der Waals surface area (Å²) in [5, 5.41) is -0.451. The molecule has 0 spiro atoms. The predicted octanol–water partition coefficient (Wildman–Crippen LogP) is 0.803. The number of likely N-dealkylation sites (tertiary alicyclic amines) is 1. The van der Waals surface area contributed by atoms with Gasteiger partial charge in [-0.05, 0) is 12.8 Å². The molecule has 15 heavy (non-hydrogen) atoms. The molecule has 84 valence electrons. The number of unbranched alkanes of at least 4 members (excludes halogenated alkanes) is 3. The second-order valence-corrected chi connectivity index (χ2v) is 4.24. The van der Waals surface area contributed by atoms with E-state index in [9.17, 15) is 14.4 Å². The lowest BCUT2D eigenvalue weighted by Gasteiger charge is -2.13. The van der Waals surface area contributed by atoms with Crippen molar-refractivity contribution in [3.8, 4) is 0 Å². The average molecular weight is 229 g/mol. The zero-order chi connectivity index (χ0) is 11.3. The summed E-state index contributed by atoms with van der Waals surface area (Å²) < 4.78 is 0. The molecule has 0 N–H and O–H groups in total. The lowest BCUT2D eigenvalue weighted by molar-refractivity contribution is -0.138. The highest BCUT2D eigenvalue weighted by Crippen LogP contribution is 2.18. The van der Waals surface area contributed by atoms with Crippen LogP contribution < -0.4 is 0 Å². The Bertz CT molecular complexity index is 267. The number of amides is 2. The van der Waals surface area contributed by atoms with E-state index in [0.717, 1.165) is 25.5 Å². The third-order valence-electron chi connectivity index (χ3n) is 2.42. The van der Waals surface area contributed by atoms with Crippen molar-refractivity contribution in [3.05, 3.63) is 0 Å². The van der Waals surface area contributed by atoms with Crippen LogP contribution in [0.1, 0.15) is 32.1 Å². The predicted molar refractivity (Wildman–Crippen MR) is 58.6 cm³/mol. The summed E-state index contributed by atoms with van der Waals surface area (Å²) in [6.45, 7) is 0.466. The number of aldehydes is 1. The highest BCUT2D eigenvalue weighted by Gasteiger charge is 2.35. The van der Waals surface area contributed by atoms with Crippen molar-refractivity contribution >= 4 is 30.7 Å². The van der Waals surface area contributed by atoms with Crippen LogP contribution in [0, 0.1) is 0 Å². The molecule has 0 aromatic rings. The second kappa shape index (κ2) is 5.90. The summed E-state index contributed by atoms with van der Waals surface area (Å²) >= 11 is 4.03. The topological polar surface area (TPSA) is 54.5 Å². The van der Waals surface area contributed by atoms with Gasteiger partial charge >= 0.3 is 0 Å². The number of nitrogens with zero attached hydrogens (tertiary/aromatic N) is 1. The van der Waals surface area contributed by atoms with Crippen molar-refractivity contribution in [2.45, 2.75) is 37.4 Å². The van der Waals surface area contributed by atoms with Gasteiger partial charge in [-0.3, -0.25) is 14.5 Å². The molecule has 0 aliphatic carbocycles. The molecule has 4 nitrogen and oxygen atoms in total. The molecule has 2 amide bonds. The summed E-state index contributed by atoms with van der Waals surface area (Å²) in [5.41, 5.74) is 0. The SMILES string of the molecule is O=CCCCCCN1C(=O)CC(S)C1=O. The molecule has 5 heteroatoms. The normalized spacial score (nSPS) is 21.1. The van der Waals surface area contributed by atoms with Crippen LogP contribution in [-0.4, -0.2) is 34.8 Å². The third-order valence-corrected chi connectivity index (χ3v) is 2.83. The fraction of sp³-hybridized carbons (Fsp3) is 0.700. The lowest BCUT2D eigenvalue weighted by Crippen LogP contribution is -2.31. The van der Waals surface area contributed by atoms with E-state index in [2.05, 4.69) is 12.6 Å². The van der Waals surface area contributed by atoms with Crippen LogP contribution in [0.4, 0.5) is 0 Å². The fourth-order valence-electron chi connectivity index (χ4n) is 1.57. The molecule has 1 heterocycles. The van der Waals surface area contributed by atoms with Gasteiger partial charge in [-0.1, -0.05) is 6.42 Å². The van der Waals surface area contributed by atoms with Gasteiger partial charge in [0.1, 0.15) is 6.29 Å². The van der Waals surface area contributed by atoms with Gasteiger partial charge in [-0.2, -0.15) is 12.6 Å². The molecule has 1 saturated heterocycles. The van der Waals surface area contributed by atoms with Gasteiger partial charge in [0.2, 0.25) is 11.8 Å². The molecule has 1 fully saturated rings. The van der Waals surface area contributed by atoms with Gasteiger partial charge in [0.15, 0.2) is 0 Å². The maximum atomic E-state index is 11.4. The number of rotatable bonds is 6. The highest BCUT2D eigenvalue weighted by molar-refractivity contribution is 7.81. The number of hydrogen-bond acceptors (Lipinski definition) is 4. The first-order valence-electron chi connectivity index (χ1n) is 5.12. The van der Waals surface area contributed by atoms with Crippen LogP contribution >= 0.6 is 12.6 Å². The van der Waals surface area contributed by atoms with E-state index in [0.29, 0.717) is 13.0 Å². The molecule has 1 aliphatic rings. The highest BCUT2D eigenvalue weighted by atomic mass is 32.1. The lowest BCUT2D eigenvalue weighted by atomic mass is 10.2. The smallest absolute Gasteiger partial charge is 0.242 e. The zero-order valence-corrected chi connectivity index (χ0v) is 9.41. The second-order valence-electron chi connectivity index (χ2n) is 3.62. The first-order chi connectivity index (χ1) is 7.16. The van der Waals surface area contributed by atoms with Gasteiger partial charge < -0.3 is 4.79 Å². The Morgan fingerprint density at radius 2 is 2.07 bits per heavy atom. The van der Waals surface area contributed by atoms with Crippen LogP contribution in [0.2, 0.25) is 0 Å². The summed E-state index contributed by atoms with van der Waals surface area (Å²) in [4.78, 5) is 34.0. The number of carbonyl (C=O) groups is 3. The molecular weight excluding hydrogens is 214 g/mol. The molecule has 0 saturated carbocycles. The molecule has 0 radical (unpaired) electrons. The van der Waals surface area contributed by atoms with Crippen molar-refractivity contribution in [3.63, 3.8) is 0 Å². The molecule has 1 rings (SSSR count). The molecular formula is C10H15NO3S. The Morgan fingerprint density at radius 3 is 2.60 bits per heavy atom. The van der Waals surface area contributed by atoms with E-state index < -0.39 is 5.25 Å². The zero-order valence-electron chi connectivity index (χ0n) is 8.52. The van der Waals surface area contributed by atoms with Gasteiger partial charge in [-0.15, -0.1) is 0 Å². The van der Waals surface area contributed by atoms with Crippen molar-refractivity contribution in [1.29, 1.82) is 0 Å². The van der Waals surface area contributed by atoms with E-state index in [-0.39, 0.29) is 18.2 Å². The number of carbonyl (C=O) groups excluding carboxylic acids is 3. The number of thiol groups is 1. The molecule has 0 aromatic heterocycles. The van der Waals surface area contributed by atoms with Crippen molar-refractivity contribution in [1.82, 2.24) is 4.90 Å². The van der Waals surface area contributed by atoms with E-state index in [1.807, 2.05) is 0 Å². The van der Waals surface area contributed by atoms with Crippen LogP contribution in [0.3, 0.4) is 0 Å². The Morgan fingerprint density at radius 1 is 1.33 bits per heavy atom. The van der Waals surface area contributed by atoms with Crippen LogP contribution in [0.15, 0.2) is 0 Å². The standard InChI is InChI=1S/C10H15NO3S/c12-6-4-2-1-3-5-11-9(13)7-8(15)10(11)14/h6,8,15H,1-5,7H2. The van der Waals surface area contributed by atoms with E-state index >= 15 is 0 Å². The van der Waals surface area contributed by atoms with Crippen molar-refractivity contribution in [2.75, 3.05) is 6.54 Å².